The number of para-hydroxylation sites is 2. The number of hydrogen-bond donors (Lipinski definition) is 1. The van der Waals surface area contributed by atoms with Gasteiger partial charge in [0.15, 0.2) is 5.75 Å². The van der Waals surface area contributed by atoms with Gasteiger partial charge in [0.1, 0.15) is 5.75 Å². The second-order valence-electron chi connectivity index (χ2n) is 5.84. The molecule has 0 spiro atoms. The van der Waals surface area contributed by atoms with Crippen LogP contribution in [0.1, 0.15) is 15.9 Å². The van der Waals surface area contributed by atoms with E-state index in [9.17, 15) is 9.00 Å². The first-order valence-corrected chi connectivity index (χ1v) is 9.67. The smallest absolute Gasteiger partial charge is 0.255 e. The molecule has 1 amide bonds. The zero-order valence-electron chi connectivity index (χ0n) is 14.6. The van der Waals surface area contributed by atoms with Gasteiger partial charge in [0, 0.05) is 27.5 Å². The summed E-state index contributed by atoms with van der Waals surface area (Å²) in [7, 11) is -1.07. The number of aryl methyl sites for hydroxylation is 1. The molecule has 0 saturated heterocycles. The fourth-order valence-corrected chi connectivity index (χ4v) is 2.90. The molecule has 1 unspecified atom stereocenters. The van der Waals surface area contributed by atoms with Gasteiger partial charge in [-0.15, -0.1) is 0 Å². The van der Waals surface area contributed by atoms with E-state index in [1.54, 1.807) is 42.7 Å². The molecule has 1 atom stereocenters. The Labute approximate surface area is 155 Å². The number of hydrogen-bond acceptors (Lipinski definition) is 3. The summed E-state index contributed by atoms with van der Waals surface area (Å²) in [4.78, 5) is 13.2. The Bertz CT molecular complexity index is 934. The number of amides is 1. The van der Waals surface area contributed by atoms with Gasteiger partial charge in [0.2, 0.25) is 0 Å². The van der Waals surface area contributed by atoms with Crippen molar-refractivity contribution in [3.05, 3.63) is 83.9 Å². The van der Waals surface area contributed by atoms with Crippen molar-refractivity contribution in [1.29, 1.82) is 0 Å². The maximum absolute atomic E-state index is 12.5. The van der Waals surface area contributed by atoms with Gasteiger partial charge in [-0.3, -0.25) is 9.00 Å². The molecular weight excluding hydrogens is 346 g/mol. The largest absolute Gasteiger partial charge is 0.455 e. The van der Waals surface area contributed by atoms with Gasteiger partial charge in [0.25, 0.3) is 5.91 Å². The molecule has 0 radical (unpaired) electrons. The SMILES string of the molecule is Cc1ccc(Oc2ccccc2NC(=O)c2ccc(S(C)=O)cc2)cc1. The van der Waals surface area contributed by atoms with E-state index in [4.69, 9.17) is 4.74 Å². The molecule has 3 aromatic rings. The van der Waals surface area contributed by atoms with Crippen LogP contribution >= 0.6 is 0 Å². The summed E-state index contributed by atoms with van der Waals surface area (Å²) in [6, 6.07) is 21.7. The lowest BCUT2D eigenvalue weighted by molar-refractivity contribution is 0.102. The molecule has 4 nitrogen and oxygen atoms in total. The number of ether oxygens (including phenoxy) is 1. The van der Waals surface area contributed by atoms with Crippen LogP contribution in [0.15, 0.2) is 77.7 Å². The van der Waals surface area contributed by atoms with Crippen molar-refractivity contribution >= 4 is 22.4 Å². The van der Waals surface area contributed by atoms with Crippen LogP contribution in [0.4, 0.5) is 5.69 Å². The third kappa shape index (κ3) is 4.37. The number of carbonyl (C=O) groups is 1. The van der Waals surface area contributed by atoms with Crippen molar-refractivity contribution in [3.63, 3.8) is 0 Å². The summed E-state index contributed by atoms with van der Waals surface area (Å²) < 4.78 is 17.3. The average molecular weight is 365 g/mol. The number of benzene rings is 3. The summed E-state index contributed by atoms with van der Waals surface area (Å²) >= 11 is 0. The second-order valence-corrected chi connectivity index (χ2v) is 7.22. The number of anilines is 1. The fourth-order valence-electron chi connectivity index (χ4n) is 2.38. The zero-order chi connectivity index (χ0) is 18.5. The molecule has 3 rings (SSSR count). The van der Waals surface area contributed by atoms with Crippen molar-refractivity contribution in [1.82, 2.24) is 0 Å². The minimum absolute atomic E-state index is 0.251. The topological polar surface area (TPSA) is 55.4 Å². The first-order chi connectivity index (χ1) is 12.5. The van der Waals surface area contributed by atoms with Crippen LogP contribution in [-0.2, 0) is 10.8 Å². The highest BCUT2D eigenvalue weighted by molar-refractivity contribution is 7.84. The van der Waals surface area contributed by atoms with Crippen LogP contribution in [0.25, 0.3) is 0 Å². The second kappa shape index (κ2) is 7.97. The Hall–Kier alpha value is -2.92. The summed E-state index contributed by atoms with van der Waals surface area (Å²) in [5.74, 6) is 1.02. The Morgan fingerprint density at radius 1 is 0.923 bits per heavy atom. The molecule has 0 saturated carbocycles. The molecule has 0 aliphatic rings. The molecule has 0 fully saturated rings. The average Bonchev–Trinajstić information content (AvgIpc) is 2.65. The Balaban J connectivity index is 1.78. The molecular formula is C21H19NO3S. The lowest BCUT2D eigenvalue weighted by atomic mass is 10.2. The van der Waals surface area contributed by atoms with E-state index >= 15 is 0 Å². The van der Waals surface area contributed by atoms with Gasteiger partial charge in [-0.2, -0.15) is 0 Å². The minimum atomic E-state index is -1.07. The minimum Gasteiger partial charge on any atom is -0.455 e. The van der Waals surface area contributed by atoms with Crippen LogP contribution in [0.3, 0.4) is 0 Å². The maximum atomic E-state index is 12.5. The molecule has 0 bridgehead atoms. The van der Waals surface area contributed by atoms with E-state index in [0.29, 0.717) is 27.6 Å². The Kier molecular flexibility index (Phi) is 5.49. The van der Waals surface area contributed by atoms with Crippen molar-refractivity contribution < 1.29 is 13.7 Å². The van der Waals surface area contributed by atoms with Crippen molar-refractivity contribution in [3.8, 4) is 11.5 Å². The van der Waals surface area contributed by atoms with Crippen LogP contribution < -0.4 is 10.1 Å². The van der Waals surface area contributed by atoms with E-state index < -0.39 is 10.8 Å². The molecule has 5 heteroatoms. The Morgan fingerprint density at radius 3 is 2.23 bits per heavy atom. The molecule has 0 aliphatic carbocycles. The van der Waals surface area contributed by atoms with Crippen LogP contribution in [0.2, 0.25) is 0 Å². The Morgan fingerprint density at radius 2 is 1.58 bits per heavy atom. The predicted molar refractivity (Wildman–Crippen MR) is 104 cm³/mol. The quantitative estimate of drug-likeness (QED) is 0.708. The molecule has 3 aromatic carbocycles. The van der Waals surface area contributed by atoms with E-state index in [2.05, 4.69) is 5.32 Å². The van der Waals surface area contributed by atoms with Crippen molar-refractivity contribution in [2.45, 2.75) is 11.8 Å². The van der Waals surface area contributed by atoms with E-state index in [1.807, 2.05) is 43.3 Å². The summed E-state index contributed by atoms with van der Waals surface area (Å²) in [5.41, 5.74) is 2.22. The first kappa shape index (κ1) is 17.9. The lowest BCUT2D eigenvalue weighted by Gasteiger charge is -2.12. The van der Waals surface area contributed by atoms with Gasteiger partial charge >= 0.3 is 0 Å². The number of nitrogens with one attached hydrogen (secondary N) is 1. The van der Waals surface area contributed by atoms with Gasteiger partial charge in [-0.05, 0) is 55.5 Å². The van der Waals surface area contributed by atoms with Crippen LogP contribution in [-0.4, -0.2) is 16.4 Å². The standard InChI is InChI=1S/C21H19NO3S/c1-15-7-11-17(12-8-15)25-20-6-4-3-5-19(20)22-21(23)16-9-13-18(14-10-16)26(2)24/h3-14H,1-2H3,(H,22,23). The normalized spacial score (nSPS) is 11.6. The van der Waals surface area contributed by atoms with E-state index in [1.165, 1.54) is 0 Å². The van der Waals surface area contributed by atoms with Crippen molar-refractivity contribution in [2.24, 2.45) is 0 Å². The third-order valence-corrected chi connectivity index (χ3v) is 4.77. The highest BCUT2D eigenvalue weighted by Gasteiger charge is 2.11. The number of rotatable bonds is 5. The summed E-state index contributed by atoms with van der Waals surface area (Å²) in [6.07, 6.45) is 1.60. The fraction of sp³-hybridized carbons (Fsp3) is 0.0952. The lowest BCUT2D eigenvalue weighted by Crippen LogP contribution is -2.12. The molecule has 132 valence electrons. The third-order valence-electron chi connectivity index (χ3n) is 3.83. The van der Waals surface area contributed by atoms with Crippen LogP contribution in [0.5, 0.6) is 11.5 Å². The van der Waals surface area contributed by atoms with Crippen molar-refractivity contribution in [2.75, 3.05) is 11.6 Å². The predicted octanol–water partition coefficient (Wildman–Crippen LogP) is 4.78. The zero-order valence-corrected chi connectivity index (χ0v) is 15.4. The van der Waals surface area contributed by atoms with E-state index in [-0.39, 0.29) is 5.91 Å². The molecule has 1 N–H and O–H groups in total. The molecule has 26 heavy (non-hydrogen) atoms. The highest BCUT2D eigenvalue weighted by atomic mass is 32.2. The number of carbonyl (C=O) groups excluding carboxylic acids is 1. The van der Waals surface area contributed by atoms with Gasteiger partial charge < -0.3 is 10.1 Å². The first-order valence-electron chi connectivity index (χ1n) is 8.11. The molecule has 0 heterocycles. The molecule has 0 aromatic heterocycles. The highest BCUT2D eigenvalue weighted by Crippen LogP contribution is 2.29. The van der Waals surface area contributed by atoms with Gasteiger partial charge in [0.05, 0.1) is 5.69 Å². The maximum Gasteiger partial charge on any atom is 0.255 e. The summed E-state index contributed by atoms with van der Waals surface area (Å²) in [5, 5.41) is 2.87. The summed E-state index contributed by atoms with van der Waals surface area (Å²) in [6.45, 7) is 2.01. The van der Waals surface area contributed by atoms with Gasteiger partial charge in [-0.1, -0.05) is 29.8 Å². The van der Waals surface area contributed by atoms with Gasteiger partial charge in [-0.25, -0.2) is 0 Å². The van der Waals surface area contributed by atoms with E-state index in [0.717, 1.165) is 5.56 Å². The molecule has 0 aliphatic heterocycles. The monoisotopic (exact) mass is 365 g/mol. The van der Waals surface area contributed by atoms with Crippen LogP contribution in [0, 0.1) is 6.92 Å².